The van der Waals surface area contributed by atoms with E-state index in [2.05, 4.69) is 67.1 Å². The van der Waals surface area contributed by atoms with Gasteiger partial charge in [0.1, 0.15) is 12.4 Å². The number of amides is 7. The molecular weight excluding hydrogens is 1270 g/mol. The molecule has 2 aromatic rings. The second-order valence-corrected chi connectivity index (χ2v) is 24.2. The highest BCUT2D eigenvalue weighted by Crippen LogP contribution is 2.18. The van der Waals surface area contributed by atoms with Crippen LogP contribution >= 0.6 is 11.6 Å². The Labute approximate surface area is 575 Å². The third kappa shape index (κ3) is 41.0. The van der Waals surface area contributed by atoms with Crippen LogP contribution in [-0.2, 0) is 35.2 Å². The van der Waals surface area contributed by atoms with Crippen molar-refractivity contribution in [1.29, 1.82) is 0 Å². The number of nitrogens with zero attached hydrogens (tertiary/aromatic N) is 6. The number of carbonyl (C=O) groups excluding carboxylic acids is 7. The number of ether oxygens (including phenoxy) is 1. The molecule has 548 valence electrons. The minimum Gasteiger partial charge on any atom is -0.492 e. The zero-order valence-corrected chi connectivity index (χ0v) is 57.3. The molecule has 0 bridgehead atoms. The molecule has 0 spiro atoms. The van der Waals surface area contributed by atoms with Gasteiger partial charge in [-0.3, -0.25) is 58.8 Å². The number of carbonyl (C=O) groups is 7. The first kappa shape index (κ1) is 85.1. The van der Waals surface area contributed by atoms with Crippen molar-refractivity contribution >= 4 is 82.5 Å². The third-order valence-electron chi connectivity index (χ3n) is 15.4. The Bertz CT molecular complexity index is 2620. The summed E-state index contributed by atoms with van der Waals surface area (Å²) >= 11 is 5.88. The van der Waals surface area contributed by atoms with Crippen LogP contribution in [0.5, 0.6) is 5.75 Å². The molecule has 0 aliphatic carbocycles. The number of benzene rings is 1. The molecule has 1 aromatic carbocycles. The minimum atomic E-state index is -0.729. The van der Waals surface area contributed by atoms with Gasteiger partial charge in [0.2, 0.25) is 35.4 Å². The lowest BCUT2D eigenvalue weighted by atomic mass is 10.1. The van der Waals surface area contributed by atoms with E-state index < -0.39 is 42.2 Å². The first-order valence-corrected chi connectivity index (χ1v) is 34.2. The van der Waals surface area contributed by atoms with Gasteiger partial charge in [0.05, 0.1) is 36.3 Å². The molecule has 35 heteroatoms. The van der Waals surface area contributed by atoms with Gasteiger partial charge < -0.3 is 111 Å². The number of anilines is 2. The number of aryl methyl sites for hydroxylation is 1. The fourth-order valence-electron chi connectivity index (χ4n) is 9.62. The van der Waals surface area contributed by atoms with Crippen LogP contribution in [0.1, 0.15) is 157 Å². The van der Waals surface area contributed by atoms with Crippen molar-refractivity contribution in [3.63, 3.8) is 0 Å². The summed E-state index contributed by atoms with van der Waals surface area (Å²) in [6.07, 6.45) is 14.2. The lowest BCUT2D eigenvalue weighted by Gasteiger charge is -2.23. The van der Waals surface area contributed by atoms with Gasteiger partial charge in [-0.15, -0.1) is 0 Å². The van der Waals surface area contributed by atoms with Gasteiger partial charge in [-0.1, -0.05) is 23.7 Å². The van der Waals surface area contributed by atoms with E-state index >= 15 is 0 Å². The summed E-state index contributed by atoms with van der Waals surface area (Å²) in [5.41, 5.74) is 76.1. The molecule has 97 heavy (non-hydrogen) atoms. The standard InChI is InChI=1S/C62H115ClN26O8/c63-50-52(71)87-51(70)49(86-50)59(96)88-62(76)85-34-8-1-17-41-24-26-42(27-25-41)97-40-39-89(37-15-35-81-57(94)47(68)20-4-11-30-77-53(90)43(64)18-2-9-28-79-55(92)45(66)22-6-13-32-83-60(72)73)38-16-36-82-58(95)48(69)21-5-12-31-78-54(91)44(65)19-3-10-29-80-56(93)46(67)23-7-14-33-84-61(74)75/h24-27,43-48H,1-23,28-40,64-69H2,(H,77,90)(H,78,91)(H,79,92)(H,80,93)(H,81,94)(H,82,95)(H4,70,71,87)(H4,72,73,83)(H4,74,75,84)(H3,76,85,88,96)/t43-,44-,45-,46-,47-,48-/m0/s1. The zero-order valence-electron chi connectivity index (χ0n) is 56.6. The maximum absolute atomic E-state index is 13.0. The number of nitrogens with one attached hydrogen (secondary N) is 7. The van der Waals surface area contributed by atoms with Crippen molar-refractivity contribution in [2.75, 3.05) is 96.6 Å². The topological polar surface area (TPSA) is 617 Å². The van der Waals surface area contributed by atoms with Crippen molar-refractivity contribution in [2.24, 2.45) is 78.0 Å². The van der Waals surface area contributed by atoms with Crippen LogP contribution in [0.25, 0.3) is 0 Å². The maximum atomic E-state index is 13.0. The number of unbranched alkanes of at least 4 members (excludes halogenated alkanes) is 7. The zero-order chi connectivity index (χ0) is 71.8. The van der Waals surface area contributed by atoms with Crippen LogP contribution in [0, 0.1) is 0 Å². The molecule has 2 rings (SSSR count). The Balaban J connectivity index is 1.77. The Morgan fingerprint density at radius 2 is 0.773 bits per heavy atom. The van der Waals surface area contributed by atoms with Crippen LogP contribution in [0.15, 0.2) is 39.2 Å². The monoisotopic (exact) mass is 1390 g/mol. The van der Waals surface area contributed by atoms with Gasteiger partial charge in [0, 0.05) is 65.4 Å². The predicted octanol–water partition coefficient (Wildman–Crippen LogP) is -2.95. The molecule has 6 atom stereocenters. The van der Waals surface area contributed by atoms with E-state index in [4.69, 9.17) is 90.9 Å². The van der Waals surface area contributed by atoms with Gasteiger partial charge in [0.25, 0.3) is 5.91 Å². The molecule has 0 fully saturated rings. The summed E-state index contributed by atoms with van der Waals surface area (Å²) in [7, 11) is 0. The number of hydrogen-bond donors (Lipinski definition) is 20. The summed E-state index contributed by atoms with van der Waals surface area (Å²) in [4.78, 5) is 110. The van der Waals surface area contributed by atoms with E-state index in [0.717, 1.165) is 31.2 Å². The van der Waals surface area contributed by atoms with Gasteiger partial charge in [-0.05, 0) is 178 Å². The normalized spacial score (nSPS) is 13.2. The van der Waals surface area contributed by atoms with E-state index in [9.17, 15) is 33.6 Å². The molecule has 0 radical (unpaired) electrons. The van der Waals surface area contributed by atoms with Crippen molar-refractivity contribution < 1.29 is 38.3 Å². The number of guanidine groups is 3. The van der Waals surface area contributed by atoms with E-state index in [0.29, 0.717) is 213 Å². The Kier molecular flexibility index (Phi) is 45.0. The smallest absolute Gasteiger partial charge is 0.280 e. The molecule has 0 aliphatic heterocycles. The van der Waals surface area contributed by atoms with Gasteiger partial charge in [-0.25, -0.2) is 9.97 Å². The minimum absolute atomic E-state index is 0.0308. The number of rotatable bonds is 54. The molecule has 1 aromatic heterocycles. The van der Waals surface area contributed by atoms with E-state index in [1.165, 1.54) is 0 Å². The molecule has 0 saturated carbocycles. The fourth-order valence-corrected chi connectivity index (χ4v) is 9.74. The number of hydrogen-bond acceptors (Lipinski definition) is 22. The van der Waals surface area contributed by atoms with Crippen LogP contribution < -0.4 is 116 Å². The molecule has 7 amide bonds. The molecule has 0 saturated heterocycles. The van der Waals surface area contributed by atoms with Crippen LogP contribution in [0.3, 0.4) is 0 Å². The van der Waals surface area contributed by atoms with Gasteiger partial charge in [0.15, 0.2) is 40.4 Å². The van der Waals surface area contributed by atoms with Gasteiger partial charge in [-0.2, -0.15) is 0 Å². The third-order valence-corrected chi connectivity index (χ3v) is 15.7. The molecule has 34 nitrogen and oxygen atoms in total. The van der Waals surface area contributed by atoms with E-state index in [1.807, 2.05) is 24.3 Å². The lowest BCUT2D eigenvalue weighted by molar-refractivity contribution is -0.123. The second-order valence-electron chi connectivity index (χ2n) is 23.8. The SMILES string of the molecule is NC(N)=NCCCC[C@H](N)C(=O)NCCCC[C@H](N)C(=O)NCCCC[C@H](N)C(=O)NCCCN(CCCNC(=O)[C@@H](N)CCCCNC(=O)[C@@H](N)CCCCNC(=O)[C@@H](N)CCCCN=C(N)N)CCOc1ccc(CCCCN=C(N)NC(=O)c2nc(Cl)c(N)nc2N)cc1. The first-order chi connectivity index (χ1) is 46.4. The maximum Gasteiger partial charge on any atom is 0.280 e. The van der Waals surface area contributed by atoms with E-state index in [1.54, 1.807) is 0 Å². The number of nitrogen functional groups attached to an aromatic ring is 2. The lowest BCUT2D eigenvalue weighted by Crippen LogP contribution is -2.43. The Hall–Kier alpha value is -7.99. The number of nitrogens with two attached hydrogens (primary N) is 13. The summed E-state index contributed by atoms with van der Waals surface area (Å²) in [6, 6.07) is 3.72. The van der Waals surface area contributed by atoms with Crippen molar-refractivity contribution in [2.45, 2.75) is 184 Å². The molecule has 0 unspecified atom stereocenters. The molecular formula is C62H115ClN26O8. The van der Waals surface area contributed by atoms with Crippen LogP contribution in [0.2, 0.25) is 5.15 Å². The van der Waals surface area contributed by atoms with Crippen LogP contribution in [-0.4, -0.2) is 195 Å². The fraction of sp³-hybridized carbons (Fsp3) is 0.677. The van der Waals surface area contributed by atoms with Crippen molar-refractivity contribution in [1.82, 2.24) is 52.1 Å². The average molecular weight is 1390 g/mol. The Morgan fingerprint density at radius 3 is 1.14 bits per heavy atom. The average Bonchev–Trinajstić information content (AvgIpc) is 0.957. The summed E-state index contributed by atoms with van der Waals surface area (Å²) in [6.45, 7) is 5.91. The Morgan fingerprint density at radius 1 is 0.433 bits per heavy atom. The first-order valence-electron chi connectivity index (χ1n) is 33.8. The largest absolute Gasteiger partial charge is 0.492 e. The highest BCUT2D eigenvalue weighted by Gasteiger charge is 2.21. The van der Waals surface area contributed by atoms with Crippen molar-refractivity contribution in [3.05, 3.63) is 40.7 Å². The molecule has 33 N–H and O–H groups in total. The summed E-state index contributed by atoms with van der Waals surface area (Å²) < 4.78 is 6.15. The number of aromatic nitrogens is 2. The molecule has 1 heterocycles. The predicted molar refractivity (Wildman–Crippen MR) is 381 cm³/mol. The summed E-state index contributed by atoms with van der Waals surface area (Å²) in [5, 5.41) is 19.5. The molecule has 0 aliphatic rings. The highest BCUT2D eigenvalue weighted by molar-refractivity contribution is 6.31. The van der Waals surface area contributed by atoms with Crippen molar-refractivity contribution in [3.8, 4) is 5.75 Å². The summed E-state index contributed by atoms with van der Waals surface area (Å²) in [5.74, 6) is -1.89. The second kappa shape index (κ2) is 51.3. The van der Waals surface area contributed by atoms with E-state index in [-0.39, 0.29) is 75.8 Å². The number of aliphatic imine (C=N–C) groups is 3. The highest BCUT2D eigenvalue weighted by atomic mass is 35.5. The number of halogens is 1. The van der Waals surface area contributed by atoms with Crippen LogP contribution in [0.4, 0.5) is 11.6 Å². The quantitative estimate of drug-likeness (QED) is 0.0179. The van der Waals surface area contributed by atoms with Gasteiger partial charge >= 0.3 is 0 Å².